The fourth-order valence-corrected chi connectivity index (χ4v) is 1.85. The first kappa shape index (κ1) is 13.1. The van der Waals surface area contributed by atoms with Gasteiger partial charge in [0.25, 0.3) is 0 Å². The Hall–Kier alpha value is -2.37. The van der Waals surface area contributed by atoms with E-state index in [1.54, 1.807) is 4.68 Å². The molecule has 0 saturated heterocycles. The SMILES string of the molecule is Cc1cc(C)cc(NC(N)=NCc2ncnn2C)c1. The number of nitrogens with two attached hydrogens (primary N) is 1. The summed E-state index contributed by atoms with van der Waals surface area (Å²) in [5, 5.41) is 7.05. The number of benzene rings is 1. The summed E-state index contributed by atoms with van der Waals surface area (Å²) >= 11 is 0. The molecule has 0 amide bonds. The van der Waals surface area contributed by atoms with E-state index in [0.717, 1.165) is 11.5 Å². The van der Waals surface area contributed by atoms with Gasteiger partial charge in [-0.2, -0.15) is 5.10 Å². The van der Waals surface area contributed by atoms with Crippen molar-refractivity contribution in [1.29, 1.82) is 0 Å². The lowest BCUT2D eigenvalue weighted by molar-refractivity contribution is 0.702. The molecular formula is C13H18N6. The highest BCUT2D eigenvalue weighted by Gasteiger charge is 2.00. The number of rotatable bonds is 3. The Morgan fingerprint density at radius 2 is 2.00 bits per heavy atom. The van der Waals surface area contributed by atoms with Crippen LogP contribution in [0.15, 0.2) is 29.5 Å². The lowest BCUT2D eigenvalue weighted by Crippen LogP contribution is -2.23. The number of aliphatic imine (C=N–C) groups is 1. The minimum Gasteiger partial charge on any atom is -0.370 e. The molecule has 0 spiro atoms. The highest BCUT2D eigenvalue weighted by Crippen LogP contribution is 2.13. The summed E-state index contributed by atoms with van der Waals surface area (Å²) < 4.78 is 1.67. The molecule has 6 nitrogen and oxygen atoms in total. The van der Waals surface area contributed by atoms with E-state index in [4.69, 9.17) is 5.73 Å². The lowest BCUT2D eigenvalue weighted by atomic mass is 10.1. The number of aromatic nitrogens is 3. The number of nitrogens with zero attached hydrogens (tertiary/aromatic N) is 4. The molecule has 0 aliphatic carbocycles. The molecule has 1 heterocycles. The van der Waals surface area contributed by atoms with Gasteiger partial charge in [-0.15, -0.1) is 0 Å². The van der Waals surface area contributed by atoms with Gasteiger partial charge in [0.05, 0.1) is 0 Å². The van der Waals surface area contributed by atoms with Gasteiger partial charge < -0.3 is 11.1 Å². The van der Waals surface area contributed by atoms with Gasteiger partial charge in [0.1, 0.15) is 18.7 Å². The number of guanidine groups is 1. The van der Waals surface area contributed by atoms with Crippen LogP contribution in [0.3, 0.4) is 0 Å². The summed E-state index contributed by atoms with van der Waals surface area (Å²) in [6.07, 6.45) is 1.50. The Morgan fingerprint density at radius 1 is 1.32 bits per heavy atom. The van der Waals surface area contributed by atoms with E-state index in [9.17, 15) is 0 Å². The quantitative estimate of drug-likeness (QED) is 0.643. The molecule has 0 saturated carbocycles. The predicted octanol–water partition coefficient (Wildman–Crippen LogP) is 1.36. The second kappa shape index (κ2) is 5.51. The molecule has 100 valence electrons. The molecule has 0 fully saturated rings. The van der Waals surface area contributed by atoms with Crippen molar-refractivity contribution in [3.8, 4) is 0 Å². The summed E-state index contributed by atoms with van der Waals surface area (Å²) in [5.41, 5.74) is 9.16. The topological polar surface area (TPSA) is 81.1 Å². The van der Waals surface area contributed by atoms with Crippen molar-refractivity contribution in [1.82, 2.24) is 14.8 Å². The Labute approximate surface area is 112 Å². The standard InChI is InChI=1S/C13H18N6/c1-9-4-10(2)6-11(5-9)18-13(14)15-7-12-16-8-17-19(12)3/h4-6,8H,7H2,1-3H3,(H3,14,15,18). The zero-order valence-electron chi connectivity index (χ0n) is 11.4. The number of aryl methyl sites for hydroxylation is 3. The molecule has 0 aliphatic rings. The van der Waals surface area contributed by atoms with E-state index in [-0.39, 0.29) is 0 Å². The Kier molecular flexibility index (Phi) is 3.79. The molecule has 0 aliphatic heterocycles. The van der Waals surface area contributed by atoms with Crippen molar-refractivity contribution in [2.45, 2.75) is 20.4 Å². The molecule has 2 aromatic rings. The first-order valence-corrected chi connectivity index (χ1v) is 6.02. The van der Waals surface area contributed by atoms with Gasteiger partial charge in [-0.05, 0) is 37.1 Å². The summed E-state index contributed by atoms with van der Waals surface area (Å²) in [6.45, 7) is 4.50. The monoisotopic (exact) mass is 258 g/mol. The minimum atomic E-state index is 0.369. The average molecular weight is 258 g/mol. The molecule has 2 rings (SSSR count). The maximum Gasteiger partial charge on any atom is 0.193 e. The highest BCUT2D eigenvalue weighted by atomic mass is 15.3. The summed E-state index contributed by atoms with van der Waals surface area (Å²) in [4.78, 5) is 8.33. The van der Waals surface area contributed by atoms with Gasteiger partial charge in [-0.25, -0.2) is 9.98 Å². The van der Waals surface area contributed by atoms with E-state index < -0.39 is 0 Å². The molecular weight excluding hydrogens is 240 g/mol. The predicted molar refractivity (Wildman–Crippen MR) is 75.9 cm³/mol. The largest absolute Gasteiger partial charge is 0.370 e. The molecule has 0 unspecified atom stereocenters. The number of anilines is 1. The summed E-state index contributed by atoms with van der Waals surface area (Å²) in [5.74, 6) is 1.14. The average Bonchev–Trinajstić information content (AvgIpc) is 2.71. The van der Waals surface area contributed by atoms with Crippen molar-refractivity contribution < 1.29 is 0 Å². The van der Waals surface area contributed by atoms with Gasteiger partial charge in [0, 0.05) is 12.7 Å². The van der Waals surface area contributed by atoms with Crippen LogP contribution in [-0.2, 0) is 13.6 Å². The van der Waals surface area contributed by atoms with E-state index in [1.807, 2.05) is 33.0 Å². The van der Waals surface area contributed by atoms with Crippen LogP contribution < -0.4 is 11.1 Å². The number of nitrogens with one attached hydrogen (secondary N) is 1. The van der Waals surface area contributed by atoms with Crippen LogP contribution in [0.1, 0.15) is 17.0 Å². The zero-order valence-corrected chi connectivity index (χ0v) is 11.4. The number of hydrogen-bond donors (Lipinski definition) is 2. The van der Waals surface area contributed by atoms with Crippen molar-refractivity contribution in [2.24, 2.45) is 17.8 Å². The van der Waals surface area contributed by atoms with E-state index in [1.165, 1.54) is 17.5 Å². The van der Waals surface area contributed by atoms with Gasteiger partial charge in [-0.3, -0.25) is 4.68 Å². The fraction of sp³-hybridized carbons (Fsp3) is 0.308. The van der Waals surface area contributed by atoms with Crippen molar-refractivity contribution in [2.75, 3.05) is 5.32 Å². The molecule has 0 atom stereocenters. The van der Waals surface area contributed by atoms with Crippen LogP contribution in [-0.4, -0.2) is 20.7 Å². The third-order valence-electron chi connectivity index (χ3n) is 2.69. The van der Waals surface area contributed by atoms with Crippen molar-refractivity contribution in [3.05, 3.63) is 41.5 Å². The van der Waals surface area contributed by atoms with Crippen molar-refractivity contribution in [3.63, 3.8) is 0 Å². The van der Waals surface area contributed by atoms with Gasteiger partial charge in [0.2, 0.25) is 0 Å². The van der Waals surface area contributed by atoms with Crippen LogP contribution >= 0.6 is 0 Å². The van der Waals surface area contributed by atoms with Gasteiger partial charge in [0.15, 0.2) is 5.96 Å². The third kappa shape index (κ3) is 3.54. The Morgan fingerprint density at radius 3 is 2.58 bits per heavy atom. The molecule has 0 bridgehead atoms. The maximum absolute atomic E-state index is 5.85. The molecule has 19 heavy (non-hydrogen) atoms. The first-order chi connectivity index (χ1) is 9.04. The van der Waals surface area contributed by atoms with Crippen LogP contribution in [0.4, 0.5) is 5.69 Å². The second-order valence-electron chi connectivity index (χ2n) is 4.50. The van der Waals surface area contributed by atoms with Crippen LogP contribution in [0.25, 0.3) is 0 Å². The summed E-state index contributed by atoms with van der Waals surface area (Å²) in [6, 6.07) is 6.16. The highest BCUT2D eigenvalue weighted by molar-refractivity contribution is 5.92. The molecule has 6 heteroatoms. The van der Waals surface area contributed by atoms with Gasteiger partial charge in [-0.1, -0.05) is 6.07 Å². The molecule has 3 N–H and O–H groups in total. The van der Waals surface area contributed by atoms with Crippen LogP contribution in [0.2, 0.25) is 0 Å². The fourth-order valence-electron chi connectivity index (χ4n) is 1.85. The molecule has 1 aromatic carbocycles. The lowest BCUT2D eigenvalue weighted by Gasteiger charge is -2.07. The first-order valence-electron chi connectivity index (χ1n) is 6.02. The molecule has 1 aromatic heterocycles. The third-order valence-corrected chi connectivity index (χ3v) is 2.69. The second-order valence-corrected chi connectivity index (χ2v) is 4.50. The maximum atomic E-state index is 5.85. The Balaban J connectivity index is 2.04. The van der Waals surface area contributed by atoms with Crippen LogP contribution in [0, 0.1) is 13.8 Å². The minimum absolute atomic E-state index is 0.369. The van der Waals surface area contributed by atoms with Crippen molar-refractivity contribution >= 4 is 11.6 Å². The van der Waals surface area contributed by atoms with Gasteiger partial charge >= 0.3 is 0 Å². The summed E-state index contributed by atoms with van der Waals surface area (Å²) in [7, 11) is 1.82. The van der Waals surface area contributed by atoms with E-state index in [0.29, 0.717) is 12.5 Å². The zero-order chi connectivity index (χ0) is 13.8. The molecule has 0 radical (unpaired) electrons. The van der Waals surface area contributed by atoms with E-state index >= 15 is 0 Å². The van der Waals surface area contributed by atoms with E-state index in [2.05, 4.69) is 26.5 Å². The smallest absolute Gasteiger partial charge is 0.193 e. The van der Waals surface area contributed by atoms with Crippen LogP contribution in [0.5, 0.6) is 0 Å². The number of hydrogen-bond acceptors (Lipinski definition) is 3. The Bertz CT molecular complexity index is 579. The normalized spacial score (nSPS) is 11.6.